The molecule has 1 aromatic heterocycles. The number of thioether (sulfide) groups is 5. The van der Waals surface area contributed by atoms with Gasteiger partial charge < -0.3 is 58.5 Å². The summed E-state index contributed by atoms with van der Waals surface area (Å²) < 4.78 is 5.25. The summed E-state index contributed by atoms with van der Waals surface area (Å²) in [5.41, 5.74) is 0.311. The second kappa shape index (κ2) is 48.9. The number of carbonyl (C=O) groups is 2. The average Bonchev–Trinajstić information content (AvgIpc) is 4.35. The second-order valence-electron chi connectivity index (χ2n) is 19.2. The smallest absolute Gasteiger partial charge is 0.340 e. The zero-order chi connectivity index (χ0) is 68.7. The Bertz CT molecular complexity index is 2470. The van der Waals surface area contributed by atoms with E-state index in [1.807, 2.05) is 18.7 Å². The number of ether oxygens (including phenoxy) is 1. The lowest BCUT2D eigenvalue weighted by molar-refractivity contribution is -0.798. The molecule has 0 saturated carbocycles. The Morgan fingerprint density at radius 3 is 1.59 bits per heavy atom. The summed E-state index contributed by atoms with van der Waals surface area (Å²) in [6.45, 7) is 3.04. The summed E-state index contributed by atoms with van der Waals surface area (Å²) in [7, 11) is 2.95. The predicted molar refractivity (Wildman–Crippen MR) is 338 cm³/mol. The van der Waals surface area contributed by atoms with Gasteiger partial charge in [-0.25, -0.2) is 4.79 Å². The van der Waals surface area contributed by atoms with Gasteiger partial charge in [0.15, 0.2) is 6.10 Å². The molecule has 7 rings (SSSR count). The maximum atomic E-state index is 11.8. The van der Waals surface area contributed by atoms with Crippen molar-refractivity contribution < 1.29 is 114 Å². The van der Waals surface area contributed by atoms with E-state index in [9.17, 15) is 106 Å². The van der Waals surface area contributed by atoms with E-state index in [-0.39, 0.29) is 50.4 Å². The lowest BCUT2D eigenvalue weighted by Gasteiger charge is -2.28. The third-order valence-corrected chi connectivity index (χ3v) is 22.5. The molecular formula is C45H74N10O32S7. The van der Waals surface area contributed by atoms with Crippen LogP contribution in [0.3, 0.4) is 0 Å². The first kappa shape index (κ1) is 87.3. The Labute approximate surface area is 563 Å². The van der Waals surface area contributed by atoms with E-state index in [4.69, 9.17) is 9.84 Å². The SMILES string of the molecule is C.C.CC1CSC(C(CO[N+](=O)[O-])O[N+](=O)[O-])C1O.CC1CSCC1O[N+](=O)[O-].O=C(O)CCC(O[N+](=O)[O-])C(O[N+](=O)[O-])C1CCCS1.O=C(OC1CSSCC1O[N+](=O)[O-])c1cccnc1.O=[N+]([O-])OCC(O[N+](=O)[O-])C1CCCS1.O=[N+]([O-])OCCC1CCCS1. The van der Waals surface area contributed by atoms with Gasteiger partial charge in [0.1, 0.15) is 49.8 Å². The van der Waals surface area contributed by atoms with Crippen LogP contribution >= 0.6 is 80.4 Å². The molecule has 6 aliphatic heterocycles. The number of nitrogens with zero attached hydrogens (tertiary/aromatic N) is 10. The molecule has 1 aromatic rings. The van der Waals surface area contributed by atoms with Crippen LogP contribution in [0.15, 0.2) is 24.5 Å². The topological polar surface area (TPSA) is 568 Å². The van der Waals surface area contributed by atoms with Gasteiger partial charge in [0.05, 0.1) is 23.5 Å². The summed E-state index contributed by atoms with van der Waals surface area (Å²) in [4.78, 5) is 157. The van der Waals surface area contributed by atoms with Crippen LogP contribution in [0.25, 0.3) is 0 Å². The summed E-state index contributed by atoms with van der Waals surface area (Å²) >= 11 is 7.79. The number of esters is 1. The molecule has 0 aromatic carbocycles. The molecule has 0 aliphatic carbocycles. The molecule has 0 bridgehead atoms. The van der Waals surface area contributed by atoms with Crippen LogP contribution in [0.5, 0.6) is 0 Å². The fourth-order valence-corrected chi connectivity index (χ4v) is 17.6. The van der Waals surface area contributed by atoms with Crippen LogP contribution in [0, 0.1) is 103 Å². The Hall–Kier alpha value is -6.70. The predicted octanol–water partition coefficient (Wildman–Crippen LogP) is 6.73. The number of aliphatic carboxylic acids is 1. The Balaban J connectivity index is 0.00000112. The van der Waals surface area contributed by atoms with E-state index in [1.54, 1.807) is 37.0 Å². The van der Waals surface area contributed by atoms with Gasteiger partial charge in [0, 0.05) is 51.8 Å². The fraction of sp³-hybridized carbons (Fsp3) is 0.844. The largest absolute Gasteiger partial charge is 0.481 e. The molecule has 0 radical (unpaired) electrons. The van der Waals surface area contributed by atoms with Crippen LogP contribution in [-0.2, 0) is 53.1 Å². The Morgan fingerprint density at radius 1 is 0.596 bits per heavy atom. The number of hydrogen-bond donors (Lipinski definition) is 2. The number of carbonyl (C=O) groups excluding carboxylic acids is 1. The Kier molecular flexibility index (Phi) is 45.4. The van der Waals surface area contributed by atoms with Crippen molar-refractivity contribution in [2.75, 3.05) is 65.8 Å². The number of carboxylic acid groups (broad SMARTS) is 1. The number of rotatable bonds is 31. The molecule has 14 atom stereocenters. The molecule has 14 unspecified atom stereocenters. The molecule has 6 fully saturated rings. The van der Waals surface area contributed by atoms with E-state index in [0.717, 1.165) is 48.7 Å². The lowest BCUT2D eigenvalue weighted by Crippen LogP contribution is -2.41. The minimum absolute atomic E-state index is 0. The third-order valence-electron chi connectivity index (χ3n) is 12.6. The van der Waals surface area contributed by atoms with Crippen molar-refractivity contribution in [1.29, 1.82) is 0 Å². The number of hydrogen-bond acceptors (Lipinski definition) is 39. The van der Waals surface area contributed by atoms with Gasteiger partial charge in [-0.1, -0.05) is 50.3 Å². The van der Waals surface area contributed by atoms with Gasteiger partial charge in [0.25, 0.3) is 45.8 Å². The van der Waals surface area contributed by atoms with Crippen LogP contribution in [-0.4, -0.2) is 209 Å². The van der Waals surface area contributed by atoms with Gasteiger partial charge >= 0.3 is 11.9 Å². The van der Waals surface area contributed by atoms with E-state index in [1.165, 1.54) is 81.7 Å². The van der Waals surface area contributed by atoms with Gasteiger partial charge in [-0.05, 0) is 104 Å². The molecule has 94 heavy (non-hydrogen) atoms. The molecule has 538 valence electrons. The molecule has 0 amide bonds. The molecule has 42 nitrogen and oxygen atoms in total. The molecule has 7 heterocycles. The zero-order valence-corrected chi connectivity index (χ0v) is 54.2. The second-order valence-corrected chi connectivity index (χ2v) is 28.2. The van der Waals surface area contributed by atoms with E-state index in [0.29, 0.717) is 40.4 Å². The minimum Gasteiger partial charge on any atom is -0.481 e. The minimum atomic E-state index is -1.28. The molecular weight excluding hydrogens is 1420 g/mol. The summed E-state index contributed by atoms with van der Waals surface area (Å²) in [6.07, 6.45) is 1.86. The zero-order valence-electron chi connectivity index (χ0n) is 48.5. The lowest BCUT2D eigenvalue weighted by atomic mass is 10.0. The average molecular weight is 1490 g/mol. The van der Waals surface area contributed by atoms with Crippen molar-refractivity contribution in [3.05, 3.63) is 121 Å². The first-order chi connectivity index (χ1) is 43.6. The van der Waals surface area contributed by atoms with Crippen LogP contribution in [0.2, 0.25) is 0 Å². The van der Waals surface area contributed by atoms with Crippen molar-refractivity contribution >= 4 is 92.3 Å². The fourth-order valence-electron chi connectivity index (χ4n) is 8.35. The first-order valence-electron chi connectivity index (χ1n) is 27.0. The maximum Gasteiger partial charge on any atom is 0.340 e. The summed E-state index contributed by atoms with van der Waals surface area (Å²) in [6, 6.07) is 3.19. The normalized spacial score (nSPS) is 24.0. The highest BCUT2D eigenvalue weighted by Crippen LogP contribution is 2.37. The molecule has 6 saturated heterocycles. The van der Waals surface area contributed by atoms with Crippen molar-refractivity contribution in [1.82, 2.24) is 4.98 Å². The van der Waals surface area contributed by atoms with E-state index >= 15 is 0 Å². The van der Waals surface area contributed by atoms with E-state index < -0.39 is 125 Å². The summed E-state index contributed by atoms with van der Waals surface area (Å²) in [5.74, 6) is 4.60. The van der Waals surface area contributed by atoms with E-state index in [2.05, 4.69) is 48.5 Å². The quantitative estimate of drug-likeness (QED) is 0.0336. The molecule has 0 spiro atoms. The summed E-state index contributed by atoms with van der Waals surface area (Å²) in [5, 5.41) is 101. The number of carboxylic acids is 1. The van der Waals surface area contributed by atoms with Gasteiger partial charge in [-0.3, -0.25) is 9.78 Å². The maximum absolute atomic E-state index is 11.8. The van der Waals surface area contributed by atoms with Crippen molar-refractivity contribution in [3.63, 3.8) is 0 Å². The standard InChI is InChI=1S/C10H10N2O5S2.C9H14N2O8S.C7H12N2O7S.C6H10N2O6S.C6H11NO3S.C5H9NO3S.2CH4/c13-10(7-2-1-3-11-4-7)16-8-5-18-19-6-9(8)17-12(14)15;12-8(13)4-3-6(18-10(14)15)9(19-11(16)17)7-2-1-5-20-7;1-4-3-17-7(6(4)10)5(16-9(13)14)2-15-8(11)12;9-7(10)13-4-5(14-8(11)12)6-2-1-3-15-6;8-7(9)10-4-3-6-2-1-5-11-6;1-4-2-10-3-5(4)9-6(7)8;;/h1-4,8-9H,5-6H2;6-7,9H,1-5H2,(H,12,13);4-7,10H,2-3H2,1H3;5-6H,1-4H2;6H,1-5H2;4-5H,2-3H2,1H3;2*1H4. The van der Waals surface area contributed by atoms with Gasteiger partial charge in [-0.15, -0.1) is 91.0 Å². The number of aliphatic hydroxyl groups excluding tert-OH is 1. The van der Waals surface area contributed by atoms with Crippen LogP contribution in [0.4, 0.5) is 0 Å². The van der Waals surface area contributed by atoms with Gasteiger partial charge in [-0.2, -0.15) is 58.8 Å². The van der Waals surface area contributed by atoms with Crippen molar-refractivity contribution in [2.24, 2.45) is 11.8 Å². The van der Waals surface area contributed by atoms with Crippen LogP contribution in [0.1, 0.15) is 96.8 Å². The third kappa shape index (κ3) is 38.6. The number of aromatic nitrogens is 1. The van der Waals surface area contributed by atoms with Gasteiger partial charge in [0.2, 0.25) is 0 Å². The van der Waals surface area contributed by atoms with Crippen molar-refractivity contribution in [3.8, 4) is 0 Å². The highest BCUT2D eigenvalue weighted by molar-refractivity contribution is 8.76. The van der Waals surface area contributed by atoms with Crippen molar-refractivity contribution in [2.45, 2.75) is 156 Å². The highest BCUT2D eigenvalue weighted by Gasteiger charge is 2.41. The number of aliphatic hydroxyl groups is 1. The Morgan fingerprint density at radius 2 is 1.13 bits per heavy atom. The highest BCUT2D eigenvalue weighted by atomic mass is 33.1. The number of pyridine rings is 1. The van der Waals surface area contributed by atoms with Crippen LogP contribution < -0.4 is 0 Å². The molecule has 49 heteroatoms. The molecule has 2 N–H and O–H groups in total. The first-order valence-corrected chi connectivity index (χ1v) is 34.9. The monoisotopic (exact) mass is 1490 g/mol. The molecule has 6 aliphatic rings.